The number of nitrogens with zero attached hydrogens (tertiary/aromatic N) is 1. The van der Waals surface area contributed by atoms with Gasteiger partial charge in [-0.15, -0.1) is 23.4 Å². The van der Waals surface area contributed by atoms with Gasteiger partial charge in [0.05, 0.1) is 17.4 Å². The molecule has 1 N–H and O–H groups in total. The van der Waals surface area contributed by atoms with Gasteiger partial charge in [-0.2, -0.15) is 0 Å². The fraction of sp³-hybridized carbons (Fsp3) is 0.424. The van der Waals surface area contributed by atoms with Crippen molar-refractivity contribution in [2.24, 2.45) is 5.41 Å². The first-order valence-corrected chi connectivity index (χ1v) is 17.4. The van der Waals surface area contributed by atoms with Crippen LogP contribution in [0.15, 0.2) is 64.4 Å². The van der Waals surface area contributed by atoms with Gasteiger partial charge in [-0.25, -0.2) is 8.78 Å². The number of amides is 1. The Balaban J connectivity index is 1.35. The van der Waals surface area contributed by atoms with E-state index in [-0.39, 0.29) is 34.4 Å². The maximum atomic E-state index is 14.8. The topological polar surface area (TPSA) is 58.6 Å². The predicted molar refractivity (Wildman–Crippen MR) is 168 cm³/mol. The molecule has 3 aromatic rings. The van der Waals surface area contributed by atoms with Crippen LogP contribution in [-0.4, -0.2) is 52.8 Å². The number of nitrogens with one attached hydrogen (secondary N) is 1. The summed E-state index contributed by atoms with van der Waals surface area (Å²) in [5, 5.41) is 1.56. The molecule has 228 valence electrons. The molecule has 0 bridgehead atoms. The van der Waals surface area contributed by atoms with Crippen LogP contribution < -0.4 is 10.1 Å². The van der Waals surface area contributed by atoms with Crippen LogP contribution in [0, 0.1) is 17.0 Å². The lowest BCUT2D eigenvalue weighted by Gasteiger charge is -2.34. The van der Waals surface area contributed by atoms with Gasteiger partial charge in [-0.05, 0) is 92.1 Å². The van der Waals surface area contributed by atoms with Crippen LogP contribution in [0.1, 0.15) is 48.6 Å². The van der Waals surface area contributed by atoms with Gasteiger partial charge in [-0.1, -0.05) is 18.2 Å². The molecule has 43 heavy (non-hydrogen) atoms. The molecule has 1 aliphatic heterocycles. The average Bonchev–Trinajstić information content (AvgIpc) is 3.58. The number of methoxy groups -OCH3 is 1. The third-order valence-corrected chi connectivity index (χ3v) is 12.4. The van der Waals surface area contributed by atoms with E-state index in [0.717, 1.165) is 77.6 Å². The lowest BCUT2D eigenvalue weighted by molar-refractivity contribution is -0.132. The monoisotopic (exact) mass is 644 g/mol. The molecule has 3 aliphatic rings. The van der Waals surface area contributed by atoms with Gasteiger partial charge in [0.2, 0.25) is 5.91 Å². The molecule has 4 atom stereocenters. The molecule has 10 heteroatoms. The minimum atomic E-state index is -1.12. The van der Waals surface area contributed by atoms with Gasteiger partial charge in [0.1, 0.15) is 22.6 Å². The van der Waals surface area contributed by atoms with Crippen molar-refractivity contribution in [3.05, 3.63) is 77.4 Å². The van der Waals surface area contributed by atoms with Crippen molar-refractivity contribution in [2.75, 3.05) is 20.4 Å². The number of hydrogen-bond acceptors (Lipinski definition) is 5. The van der Waals surface area contributed by atoms with E-state index in [9.17, 15) is 17.8 Å². The van der Waals surface area contributed by atoms with Crippen LogP contribution in [0.4, 0.5) is 8.78 Å². The highest BCUT2D eigenvalue weighted by molar-refractivity contribution is 8.01. The first-order valence-electron chi connectivity index (χ1n) is 14.5. The normalized spacial score (nSPS) is 26.7. The first-order chi connectivity index (χ1) is 20.7. The van der Waals surface area contributed by atoms with Crippen molar-refractivity contribution in [3.63, 3.8) is 0 Å². The van der Waals surface area contributed by atoms with Crippen LogP contribution in [0.5, 0.6) is 5.75 Å². The van der Waals surface area contributed by atoms with E-state index in [1.54, 1.807) is 13.4 Å². The Morgan fingerprint density at radius 3 is 2.51 bits per heavy atom. The summed E-state index contributed by atoms with van der Waals surface area (Å²) in [6, 6.07) is 16.1. The Labute approximate surface area is 263 Å². The highest BCUT2D eigenvalue weighted by Crippen LogP contribution is 2.60. The second-order valence-electron chi connectivity index (χ2n) is 11.8. The molecule has 0 saturated heterocycles. The summed E-state index contributed by atoms with van der Waals surface area (Å²) in [6.45, 7) is 0.277. The van der Waals surface area contributed by atoms with Crippen molar-refractivity contribution >= 4 is 40.1 Å². The van der Waals surface area contributed by atoms with E-state index in [0.29, 0.717) is 11.8 Å². The summed E-state index contributed by atoms with van der Waals surface area (Å²) in [5.41, 5.74) is 2.75. The van der Waals surface area contributed by atoms with Crippen molar-refractivity contribution < 1.29 is 22.5 Å². The highest BCUT2D eigenvalue weighted by Gasteiger charge is 2.59. The third kappa shape index (κ3) is 5.74. The number of carbonyl (C=O) groups excluding carboxylic acids is 1. The standard InChI is InChI=1S/C33H35ClF2N2O3S2/c1-37-22-11-13-33(14-12-22)17-27(33)38(32(39)31-29(34)28-24(35)8-9-25(36)30(28)42-31)18-21-15-20(7-10-26(21)41-2)19-5-4-6-23(16-19)43(3)40/h4-10,15-16,22,27,29,31,37H,11-14,17-18H2,1-3H3. The minimum Gasteiger partial charge on any atom is -0.496 e. The number of rotatable bonds is 8. The van der Waals surface area contributed by atoms with E-state index < -0.39 is 33.1 Å². The second kappa shape index (κ2) is 12.1. The fourth-order valence-corrected chi connectivity index (χ4v) is 9.23. The van der Waals surface area contributed by atoms with Gasteiger partial charge in [0.15, 0.2) is 0 Å². The van der Waals surface area contributed by atoms with Crippen molar-refractivity contribution in [1.29, 1.82) is 0 Å². The van der Waals surface area contributed by atoms with Crippen LogP contribution in [0.25, 0.3) is 11.1 Å². The molecule has 2 fully saturated rings. The fourth-order valence-electron chi connectivity index (χ4n) is 6.85. The molecule has 6 rings (SSSR count). The Hall–Kier alpha value is -2.46. The number of thioether (sulfide) groups is 1. The lowest BCUT2D eigenvalue weighted by Crippen LogP contribution is -2.42. The maximum absolute atomic E-state index is 14.8. The van der Waals surface area contributed by atoms with Gasteiger partial charge in [0, 0.05) is 51.7 Å². The summed E-state index contributed by atoms with van der Waals surface area (Å²) in [4.78, 5) is 17.2. The summed E-state index contributed by atoms with van der Waals surface area (Å²) in [5.74, 6) is -0.726. The van der Waals surface area contributed by atoms with E-state index in [1.165, 1.54) is 0 Å². The van der Waals surface area contributed by atoms with E-state index in [2.05, 4.69) is 5.32 Å². The molecule has 1 amide bonds. The molecule has 0 aromatic heterocycles. The van der Waals surface area contributed by atoms with Gasteiger partial charge in [-0.3, -0.25) is 9.00 Å². The molecular weight excluding hydrogens is 610 g/mol. The summed E-state index contributed by atoms with van der Waals surface area (Å²) in [7, 11) is 2.47. The van der Waals surface area contributed by atoms with Crippen LogP contribution in [0.2, 0.25) is 0 Å². The Bertz CT molecular complexity index is 1580. The molecule has 3 aromatic carbocycles. The van der Waals surface area contributed by atoms with Gasteiger partial charge < -0.3 is 15.0 Å². The second-order valence-corrected chi connectivity index (χ2v) is 14.8. The zero-order valence-corrected chi connectivity index (χ0v) is 26.8. The Kier molecular flexibility index (Phi) is 8.63. The van der Waals surface area contributed by atoms with E-state index >= 15 is 0 Å². The zero-order valence-electron chi connectivity index (χ0n) is 24.4. The number of carbonyl (C=O) groups is 1. The summed E-state index contributed by atoms with van der Waals surface area (Å²) < 4.78 is 47.4. The summed E-state index contributed by atoms with van der Waals surface area (Å²) >= 11 is 7.76. The average molecular weight is 645 g/mol. The van der Waals surface area contributed by atoms with Crippen molar-refractivity contribution in [2.45, 2.75) is 71.2 Å². The summed E-state index contributed by atoms with van der Waals surface area (Å²) in [6.07, 6.45) is 6.65. The predicted octanol–water partition coefficient (Wildman–Crippen LogP) is 7.08. The number of alkyl halides is 1. The Morgan fingerprint density at radius 2 is 1.84 bits per heavy atom. The van der Waals surface area contributed by atoms with Crippen molar-refractivity contribution in [3.8, 4) is 16.9 Å². The highest BCUT2D eigenvalue weighted by atomic mass is 35.5. The molecular formula is C33H35ClF2N2O3S2. The Morgan fingerprint density at radius 1 is 1.12 bits per heavy atom. The third-order valence-electron chi connectivity index (χ3n) is 9.44. The quantitative estimate of drug-likeness (QED) is 0.266. The smallest absolute Gasteiger partial charge is 0.238 e. The molecule has 5 nitrogen and oxygen atoms in total. The largest absolute Gasteiger partial charge is 0.496 e. The molecule has 4 unspecified atom stereocenters. The van der Waals surface area contributed by atoms with Crippen LogP contribution in [0.3, 0.4) is 0 Å². The van der Waals surface area contributed by atoms with Crippen LogP contribution in [-0.2, 0) is 22.1 Å². The van der Waals surface area contributed by atoms with Crippen molar-refractivity contribution in [1.82, 2.24) is 10.2 Å². The number of hydrogen-bond donors (Lipinski definition) is 1. The number of halogens is 3. The lowest BCUT2D eigenvalue weighted by atomic mass is 9.82. The molecule has 1 spiro atoms. The molecule has 0 radical (unpaired) electrons. The molecule has 2 saturated carbocycles. The number of fused-ring (bicyclic) bond motifs is 1. The van der Waals surface area contributed by atoms with Gasteiger partial charge in [0.25, 0.3) is 0 Å². The van der Waals surface area contributed by atoms with E-state index in [1.807, 2.05) is 54.4 Å². The van der Waals surface area contributed by atoms with E-state index in [4.69, 9.17) is 16.3 Å². The minimum absolute atomic E-state index is 0.000109. The number of ether oxygens (including phenoxy) is 1. The van der Waals surface area contributed by atoms with Crippen LogP contribution >= 0.6 is 23.4 Å². The SMILES string of the molecule is CNC1CCC2(CC1)CC2N(Cc1cc(-c2cccc(S(C)=O)c2)ccc1OC)C(=O)C1Sc2c(F)ccc(F)c2C1Cl. The van der Waals surface area contributed by atoms with Gasteiger partial charge >= 0.3 is 0 Å². The first kappa shape index (κ1) is 30.6. The zero-order chi connectivity index (χ0) is 30.5. The number of benzene rings is 3. The maximum Gasteiger partial charge on any atom is 0.238 e. The molecule has 1 heterocycles. The molecule has 2 aliphatic carbocycles.